The maximum Gasteiger partial charge on any atom is 0.179 e. The Morgan fingerprint density at radius 3 is 2.70 bits per heavy atom. The molecule has 2 aromatic carbocycles. The molecule has 0 saturated carbocycles. The van der Waals surface area contributed by atoms with E-state index in [0.717, 1.165) is 5.69 Å². The fourth-order valence-corrected chi connectivity index (χ4v) is 2.71. The van der Waals surface area contributed by atoms with Gasteiger partial charge in [0.15, 0.2) is 5.76 Å². The van der Waals surface area contributed by atoms with Crippen LogP contribution in [0.4, 0.5) is 5.69 Å². The Bertz CT molecular complexity index is 1020. The van der Waals surface area contributed by atoms with Gasteiger partial charge in [0, 0.05) is 23.9 Å². The summed E-state index contributed by atoms with van der Waals surface area (Å²) in [6.07, 6.45) is 3.26. The number of nitrogens with zero attached hydrogens (tertiary/aromatic N) is 2. The van der Waals surface area contributed by atoms with Crippen LogP contribution in [-0.4, -0.2) is 19.4 Å². The van der Waals surface area contributed by atoms with Crippen molar-refractivity contribution in [2.45, 2.75) is 0 Å². The summed E-state index contributed by atoms with van der Waals surface area (Å²) in [4.78, 5) is 0. The van der Waals surface area contributed by atoms with E-state index >= 15 is 0 Å². The van der Waals surface area contributed by atoms with Crippen molar-refractivity contribution < 1.29 is 14.0 Å². The average molecular weight is 382 g/mol. The van der Waals surface area contributed by atoms with Crippen LogP contribution in [0, 0.1) is 11.3 Å². The van der Waals surface area contributed by atoms with Crippen molar-refractivity contribution in [1.29, 1.82) is 5.26 Å². The van der Waals surface area contributed by atoms with Crippen molar-refractivity contribution in [2.75, 3.05) is 19.5 Å². The summed E-state index contributed by atoms with van der Waals surface area (Å²) in [6, 6.07) is 14.7. The largest absolute Gasteiger partial charge is 0.497 e. The highest BCUT2D eigenvalue weighted by Crippen LogP contribution is 2.32. The summed E-state index contributed by atoms with van der Waals surface area (Å²) in [7, 11) is 3.16. The number of hydrogen-bond donors (Lipinski definition) is 1. The summed E-state index contributed by atoms with van der Waals surface area (Å²) >= 11 is 6.19. The molecule has 0 aliphatic carbocycles. The number of nitrogens with one attached hydrogen (secondary N) is 1. The minimum absolute atomic E-state index is 0.308. The molecule has 0 unspecified atom stereocenters. The van der Waals surface area contributed by atoms with Crippen LogP contribution in [0.15, 0.2) is 53.2 Å². The number of anilines is 1. The van der Waals surface area contributed by atoms with Crippen molar-refractivity contribution in [3.05, 3.63) is 65.0 Å². The fourth-order valence-electron chi connectivity index (χ4n) is 2.49. The highest BCUT2D eigenvalue weighted by Gasteiger charge is 2.17. The Morgan fingerprint density at radius 2 is 2.00 bits per heavy atom. The van der Waals surface area contributed by atoms with Crippen molar-refractivity contribution in [1.82, 2.24) is 5.16 Å². The van der Waals surface area contributed by atoms with E-state index in [1.807, 2.05) is 24.3 Å². The second-order valence-corrected chi connectivity index (χ2v) is 5.81. The predicted molar refractivity (Wildman–Crippen MR) is 104 cm³/mol. The maximum absolute atomic E-state index is 9.52. The molecule has 3 aromatic rings. The first-order chi connectivity index (χ1) is 13.2. The SMILES string of the molecule is COc1ccc(N/C=C/c2onc(-c3ccccc3Cl)c2C#N)c(OC)c1. The maximum atomic E-state index is 9.52. The van der Waals surface area contributed by atoms with Crippen LogP contribution < -0.4 is 14.8 Å². The number of halogens is 1. The molecule has 1 heterocycles. The Balaban J connectivity index is 1.85. The lowest BCUT2D eigenvalue weighted by molar-refractivity contribution is 0.395. The van der Waals surface area contributed by atoms with Crippen LogP contribution in [0.2, 0.25) is 5.02 Å². The van der Waals surface area contributed by atoms with E-state index in [4.69, 9.17) is 25.6 Å². The van der Waals surface area contributed by atoms with Crippen molar-refractivity contribution in [3.8, 4) is 28.8 Å². The number of methoxy groups -OCH3 is 2. The lowest BCUT2D eigenvalue weighted by Gasteiger charge is -2.09. The lowest BCUT2D eigenvalue weighted by Crippen LogP contribution is -1.94. The van der Waals surface area contributed by atoms with Crippen LogP contribution in [0.5, 0.6) is 11.5 Å². The van der Waals surface area contributed by atoms with Crippen molar-refractivity contribution in [3.63, 3.8) is 0 Å². The van der Waals surface area contributed by atoms with E-state index < -0.39 is 0 Å². The summed E-state index contributed by atoms with van der Waals surface area (Å²) in [5.74, 6) is 1.63. The van der Waals surface area contributed by atoms with Gasteiger partial charge in [0.25, 0.3) is 0 Å². The minimum Gasteiger partial charge on any atom is -0.497 e. The predicted octanol–water partition coefficient (Wildman–Crippen LogP) is 4.97. The van der Waals surface area contributed by atoms with Crippen LogP contribution in [0.1, 0.15) is 11.3 Å². The van der Waals surface area contributed by atoms with Crippen molar-refractivity contribution >= 4 is 23.4 Å². The van der Waals surface area contributed by atoms with E-state index in [2.05, 4.69) is 16.5 Å². The standard InChI is InChI=1S/C20H16ClN3O3/c1-25-13-7-8-17(19(11-13)26-2)23-10-9-18-15(12-22)20(24-27-18)14-5-3-4-6-16(14)21/h3-11,23H,1-2H3/b10-9+. The summed E-state index contributed by atoms with van der Waals surface area (Å²) < 4.78 is 15.8. The van der Waals surface area contributed by atoms with Gasteiger partial charge in [-0.2, -0.15) is 5.26 Å². The smallest absolute Gasteiger partial charge is 0.179 e. The van der Waals surface area contributed by atoms with E-state index in [1.54, 1.807) is 44.7 Å². The first kappa shape index (κ1) is 18.4. The van der Waals surface area contributed by atoms with Crippen LogP contribution in [0.3, 0.4) is 0 Å². The van der Waals surface area contributed by atoms with Gasteiger partial charge in [0.05, 0.1) is 24.9 Å². The van der Waals surface area contributed by atoms with Crippen LogP contribution in [0.25, 0.3) is 17.3 Å². The monoisotopic (exact) mass is 381 g/mol. The van der Waals surface area contributed by atoms with Gasteiger partial charge in [0.1, 0.15) is 28.8 Å². The molecule has 3 rings (SSSR count). The highest BCUT2D eigenvalue weighted by atomic mass is 35.5. The van der Waals surface area contributed by atoms with Gasteiger partial charge in [-0.3, -0.25) is 0 Å². The van der Waals surface area contributed by atoms with Gasteiger partial charge < -0.3 is 19.3 Å². The molecule has 1 aromatic heterocycles. The molecule has 0 aliphatic rings. The summed E-state index contributed by atoms with van der Waals surface area (Å²) in [6.45, 7) is 0. The molecule has 0 saturated heterocycles. The third kappa shape index (κ3) is 3.89. The van der Waals surface area contributed by atoms with Gasteiger partial charge in [-0.05, 0) is 18.2 Å². The van der Waals surface area contributed by atoms with Gasteiger partial charge in [-0.25, -0.2) is 0 Å². The molecule has 0 amide bonds. The normalized spacial score (nSPS) is 10.6. The average Bonchev–Trinajstić information content (AvgIpc) is 3.11. The fraction of sp³-hybridized carbons (Fsp3) is 0.100. The van der Waals surface area contributed by atoms with Crippen LogP contribution >= 0.6 is 11.6 Å². The second kappa shape index (κ2) is 8.30. The van der Waals surface area contributed by atoms with Gasteiger partial charge in [0.2, 0.25) is 0 Å². The molecule has 1 N–H and O–H groups in total. The molecule has 0 radical (unpaired) electrons. The molecule has 27 heavy (non-hydrogen) atoms. The Morgan fingerprint density at radius 1 is 1.19 bits per heavy atom. The Labute approximate surface area is 161 Å². The third-order valence-corrected chi connectivity index (χ3v) is 4.17. The third-order valence-electron chi connectivity index (χ3n) is 3.84. The number of aromatic nitrogens is 1. The van der Waals surface area contributed by atoms with E-state index in [0.29, 0.717) is 39.1 Å². The van der Waals surface area contributed by atoms with E-state index in [-0.39, 0.29) is 0 Å². The van der Waals surface area contributed by atoms with E-state index in [9.17, 15) is 5.26 Å². The zero-order valence-corrected chi connectivity index (χ0v) is 15.4. The summed E-state index contributed by atoms with van der Waals surface area (Å²) in [5.41, 5.74) is 2.09. The minimum atomic E-state index is 0.308. The number of nitriles is 1. The molecule has 0 spiro atoms. The quantitative estimate of drug-likeness (QED) is 0.649. The highest BCUT2D eigenvalue weighted by molar-refractivity contribution is 6.33. The van der Waals surface area contributed by atoms with Gasteiger partial charge >= 0.3 is 0 Å². The molecule has 0 fully saturated rings. The van der Waals surface area contributed by atoms with E-state index in [1.165, 1.54) is 0 Å². The Hall–Kier alpha value is -3.43. The van der Waals surface area contributed by atoms with Crippen molar-refractivity contribution in [2.24, 2.45) is 0 Å². The molecule has 0 aliphatic heterocycles. The lowest BCUT2D eigenvalue weighted by atomic mass is 10.1. The number of rotatable bonds is 6. The van der Waals surface area contributed by atoms with Gasteiger partial charge in [-0.1, -0.05) is 35.0 Å². The molecule has 0 bridgehead atoms. The topological polar surface area (TPSA) is 80.3 Å². The molecular weight excluding hydrogens is 366 g/mol. The zero-order valence-electron chi connectivity index (χ0n) is 14.7. The molecular formula is C20H16ClN3O3. The number of benzene rings is 2. The number of hydrogen-bond acceptors (Lipinski definition) is 6. The molecule has 0 atom stereocenters. The molecule has 7 heteroatoms. The first-order valence-corrected chi connectivity index (χ1v) is 8.35. The number of ether oxygens (including phenoxy) is 2. The molecule has 6 nitrogen and oxygen atoms in total. The Kier molecular flexibility index (Phi) is 5.64. The molecule has 136 valence electrons. The second-order valence-electron chi connectivity index (χ2n) is 5.41. The van der Waals surface area contributed by atoms with Crippen LogP contribution in [-0.2, 0) is 0 Å². The summed E-state index contributed by atoms with van der Waals surface area (Å²) in [5, 5.41) is 17.1. The first-order valence-electron chi connectivity index (χ1n) is 7.97. The zero-order chi connectivity index (χ0) is 19.2. The van der Waals surface area contributed by atoms with Gasteiger partial charge in [-0.15, -0.1) is 0 Å².